The molecule has 0 amide bonds. The van der Waals surface area contributed by atoms with Crippen LogP contribution in [-0.4, -0.2) is 23.2 Å². The maximum atomic E-state index is 6.33. The van der Waals surface area contributed by atoms with Crippen molar-refractivity contribution >= 4 is 0 Å². The van der Waals surface area contributed by atoms with Gasteiger partial charge in [-0.3, -0.25) is 4.98 Å². The smallest absolute Gasteiger partial charge is 0.0597 e. The molecule has 0 bridgehead atoms. The Kier molecular flexibility index (Phi) is 3.79. The Morgan fingerprint density at radius 1 is 1.29 bits per heavy atom. The molecule has 5 atom stereocenters. The number of nitrogens with two attached hydrogens (primary N) is 1. The molecule has 0 spiro atoms. The maximum absolute atomic E-state index is 6.33. The molecule has 2 rings (SSSR count). The standard InChI is InChI=1S/C14H22N2O/c1-9-10(2)17-11(3)14(9)13(15)8-12-6-4-5-7-16-12/h4-7,9-11,13-14H,8,15H2,1-3H3. The van der Waals surface area contributed by atoms with Gasteiger partial charge in [0.1, 0.15) is 0 Å². The van der Waals surface area contributed by atoms with Gasteiger partial charge in [0.05, 0.1) is 12.2 Å². The zero-order valence-electron chi connectivity index (χ0n) is 10.8. The third-order valence-electron chi connectivity index (χ3n) is 3.98. The summed E-state index contributed by atoms with van der Waals surface area (Å²) < 4.78 is 5.84. The molecule has 3 nitrogen and oxygen atoms in total. The molecule has 3 heteroatoms. The zero-order chi connectivity index (χ0) is 12.4. The Bertz CT molecular complexity index is 354. The summed E-state index contributed by atoms with van der Waals surface area (Å²) in [6.45, 7) is 6.49. The van der Waals surface area contributed by atoms with Gasteiger partial charge in [0.2, 0.25) is 0 Å². The highest BCUT2D eigenvalue weighted by Gasteiger charge is 2.40. The van der Waals surface area contributed by atoms with Crippen LogP contribution in [0.3, 0.4) is 0 Å². The number of ether oxygens (including phenoxy) is 1. The molecule has 0 radical (unpaired) electrons. The maximum Gasteiger partial charge on any atom is 0.0597 e. The van der Waals surface area contributed by atoms with E-state index in [2.05, 4.69) is 25.8 Å². The number of rotatable bonds is 3. The first-order chi connectivity index (χ1) is 8.09. The van der Waals surface area contributed by atoms with Gasteiger partial charge in [0, 0.05) is 30.3 Å². The van der Waals surface area contributed by atoms with Crippen molar-refractivity contribution in [1.29, 1.82) is 0 Å². The van der Waals surface area contributed by atoms with Crippen LogP contribution >= 0.6 is 0 Å². The molecule has 17 heavy (non-hydrogen) atoms. The van der Waals surface area contributed by atoms with Gasteiger partial charge < -0.3 is 10.5 Å². The van der Waals surface area contributed by atoms with E-state index < -0.39 is 0 Å². The van der Waals surface area contributed by atoms with E-state index in [1.807, 2.05) is 24.4 Å². The molecule has 0 aromatic carbocycles. The minimum atomic E-state index is 0.125. The molecule has 1 saturated heterocycles. The first-order valence-corrected chi connectivity index (χ1v) is 6.40. The number of hydrogen-bond donors (Lipinski definition) is 1. The van der Waals surface area contributed by atoms with Crippen molar-refractivity contribution in [3.05, 3.63) is 30.1 Å². The van der Waals surface area contributed by atoms with Crippen LogP contribution in [0.15, 0.2) is 24.4 Å². The summed E-state index contributed by atoms with van der Waals surface area (Å²) in [7, 11) is 0. The van der Waals surface area contributed by atoms with Crippen LogP contribution in [0.5, 0.6) is 0 Å². The largest absolute Gasteiger partial charge is 0.375 e. The second-order valence-corrected chi connectivity index (χ2v) is 5.17. The van der Waals surface area contributed by atoms with E-state index in [1.54, 1.807) is 0 Å². The van der Waals surface area contributed by atoms with Gasteiger partial charge in [0.15, 0.2) is 0 Å². The van der Waals surface area contributed by atoms with E-state index in [0.717, 1.165) is 12.1 Å². The summed E-state index contributed by atoms with van der Waals surface area (Å²) in [5.74, 6) is 0.940. The quantitative estimate of drug-likeness (QED) is 0.870. The molecule has 1 aliphatic rings. The zero-order valence-corrected chi connectivity index (χ0v) is 10.8. The Morgan fingerprint density at radius 3 is 2.59 bits per heavy atom. The Hall–Kier alpha value is -0.930. The highest BCUT2D eigenvalue weighted by Crippen LogP contribution is 2.34. The summed E-state index contributed by atoms with van der Waals surface area (Å²) >= 11 is 0. The van der Waals surface area contributed by atoms with Gasteiger partial charge in [-0.15, -0.1) is 0 Å². The fourth-order valence-corrected chi connectivity index (χ4v) is 2.93. The molecular weight excluding hydrogens is 212 g/mol. The van der Waals surface area contributed by atoms with Gasteiger partial charge in [-0.25, -0.2) is 0 Å². The molecule has 5 unspecified atom stereocenters. The molecular formula is C14H22N2O. The normalized spacial score (nSPS) is 34.8. The molecule has 1 fully saturated rings. The van der Waals surface area contributed by atoms with E-state index >= 15 is 0 Å². The predicted octanol–water partition coefficient (Wildman–Crippen LogP) is 2.01. The van der Waals surface area contributed by atoms with Crippen LogP contribution in [0.4, 0.5) is 0 Å². The van der Waals surface area contributed by atoms with E-state index in [0.29, 0.717) is 17.9 Å². The second-order valence-electron chi connectivity index (χ2n) is 5.17. The van der Waals surface area contributed by atoms with Crippen LogP contribution in [-0.2, 0) is 11.2 Å². The van der Waals surface area contributed by atoms with Crippen molar-refractivity contribution in [3.63, 3.8) is 0 Å². The number of hydrogen-bond acceptors (Lipinski definition) is 3. The summed E-state index contributed by atoms with van der Waals surface area (Å²) in [6, 6.07) is 6.10. The van der Waals surface area contributed by atoms with Crippen molar-refractivity contribution in [1.82, 2.24) is 4.98 Å². The highest BCUT2D eigenvalue weighted by molar-refractivity contribution is 5.06. The minimum Gasteiger partial charge on any atom is -0.375 e. The Labute approximate surface area is 103 Å². The average molecular weight is 234 g/mol. The van der Waals surface area contributed by atoms with Crippen LogP contribution in [0, 0.1) is 11.8 Å². The SMILES string of the molecule is CC1OC(C)C(C(N)Cc2ccccn2)C1C. The molecule has 2 N–H and O–H groups in total. The van der Waals surface area contributed by atoms with Crippen LogP contribution in [0.1, 0.15) is 26.5 Å². The molecule has 0 saturated carbocycles. The third-order valence-corrected chi connectivity index (χ3v) is 3.98. The molecule has 1 aromatic heterocycles. The molecule has 0 aliphatic carbocycles. The van der Waals surface area contributed by atoms with E-state index in [9.17, 15) is 0 Å². The van der Waals surface area contributed by atoms with Crippen molar-refractivity contribution in [3.8, 4) is 0 Å². The van der Waals surface area contributed by atoms with Crippen molar-refractivity contribution < 1.29 is 4.74 Å². The van der Waals surface area contributed by atoms with Gasteiger partial charge in [-0.2, -0.15) is 0 Å². The monoisotopic (exact) mass is 234 g/mol. The van der Waals surface area contributed by atoms with Crippen molar-refractivity contribution in [2.75, 3.05) is 0 Å². The van der Waals surface area contributed by atoms with Crippen molar-refractivity contribution in [2.24, 2.45) is 17.6 Å². The topological polar surface area (TPSA) is 48.1 Å². The lowest BCUT2D eigenvalue weighted by molar-refractivity contribution is 0.0490. The number of pyridine rings is 1. The van der Waals surface area contributed by atoms with E-state index in [4.69, 9.17) is 10.5 Å². The fourth-order valence-electron chi connectivity index (χ4n) is 2.93. The molecule has 94 valence electrons. The minimum absolute atomic E-state index is 0.125. The summed E-state index contributed by atoms with van der Waals surface area (Å²) in [5.41, 5.74) is 7.40. The predicted molar refractivity (Wildman–Crippen MR) is 68.6 cm³/mol. The van der Waals surface area contributed by atoms with Crippen LogP contribution in [0.25, 0.3) is 0 Å². The Balaban J connectivity index is 2.03. The van der Waals surface area contributed by atoms with Gasteiger partial charge in [-0.05, 0) is 31.9 Å². The summed E-state index contributed by atoms with van der Waals surface area (Å²) in [6.07, 6.45) is 3.21. The summed E-state index contributed by atoms with van der Waals surface area (Å²) in [5, 5.41) is 0. The van der Waals surface area contributed by atoms with Gasteiger partial charge in [0.25, 0.3) is 0 Å². The van der Waals surface area contributed by atoms with E-state index in [1.165, 1.54) is 0 Å². The fraction of sp³-hybridized carbons (Fsp3) is 0.643. The second kappa shape index (κ2) is 5.15. The number of nitrogens with zero attached hydrogens (tertiary/aromatic N) is 1. The summed E-state index contributed by atoms with van der Waals surface area (Å²) in [4.78, 5) is 4.34. The van der Waals surface area contributed by atoms with E-state index in [-0.39, 0.29) is 12.1 Å². The molecule has 1 aliphatic heterocycles. The van der Waals surface area contributed by atoms with Crippen LogP contribution in [0.2, 0.25) is 0 Å². The lowest BCUT2D eigenvalue weighted by Crippen LogP contribution is -2.39. The first-order valence-electron chi connectivity index (χ1n) is 6.40. The highest BCUT2D eigenvalue weighted by atomic mass is 16.5. The number of aromatic nitrogens is 1. The average Bonchev–Trinajstić information content (AvgIpc) is 2.54. The molecule has 2 heterocycles. The van der Waals surface area contributed by atoms with Crippen molar-refractivity contribution in [2.45, 2.75) is 45.4 Å². The van der Waals surface area contributed by atoms with Crippen LogP contribution < -0.4 is 5.73 Å². The third kappa shape index (κ3) is 2.67. The Morgan fingerprint density at radius 2 is 2.06 bits per heavy atom. The molecule has 1 aromatic rings. The lowest BCUT2D eigenvalue weighted by Gasteiger charge is -2.25. The first kappa shape index (κ1) is 12.5. The van der Waals surface area contributed by atoms with Gasteiger partial charge in [-0.1, -0.05) is 13.0 Å². The van der Waals surface area contributed by atoms with Gasteiger partial charge >= 0.3 is 0 Å². The lowest BCUT2D eigenvalue weighted by atomic mass is 9.82.